The van der Waals surface area contributed by atoms with Crippen LogP contribution in [-0.4, -0.2) is 20.1 Å². The number of benzene rings is 1. The maximum Gasteiger partial charge on any atom is 0.288 e. The van der Waals surface area contributed by atoms with Gasteiger partial charge in [0.2, 0.25) is 0 Å². The standard InChI is InChI=1S/C14H10BrN5O2S/c15-11-6-10(20(21)22)7-16-13(11)17-8-12-18-19-14(23-12)9-4-2-1-3-5-9/h1-7H,8H2,(H,16,17). The van der Waals surface area contributed by atoms with E-state index < -0.39 is 4.92 Å². The molecule has 2 heterocycles. The van der Waals surface area contributed by atoms with Gasteiger partial charge in [0, 0.05) is 11.6 Å². The number of halogens is 1. The third kappa shape index (κ3) is 3.69. The molecule has 0 spiro atoms. The number of anilines is 1. The van der Waals surface area contributed by atoms with Gasteiger partial charge in [-0.1, -0.05) is 41.7 Å². The van der Waals surface area contributed by atoms with Crippen LogP contribution in [0.1, 0.15) is 5.01 Å². The van der Waals surface area contributed by atoms with Crippen molar-refractivity contribution in [3.63, 3.8) is 0 Å². The van der Waals surface area contributed by atoms with E-state index in [1.165, 1.54) is 23.6 Å². The fraction of sp³-hybridized carbons (Fsp3) is 0.0714. The van der Waals surface area contributed by atoms with Crippen molar-refractivity contribution in [1.82, 2.24) is 15.2 Å². The van der Waals surface area contributed by atoms with E-state index >= 15 is 0 Å². The summed E-state index contributed by atoms with van der Waals surface area (Å²) in [6, 6.07) is 11.2. The van der Waals surface area contributed by atoms with Crippen LogP contribution in [0.15, 0.2) is 47.1 Å². The van der Waals surface area contributed by atoms with Gasteiger partial charge < -0.3 is 5.32 Å². The van der Waals surface area contributed by atoms with Gasteiger partial charge in [0.15, 0.2) is 0 Å². The van der Waals surface area contributed by atoms with Crippen LogP contribution >= 0.6 is 27.3 Å². The van der Waals surface area contributed by atoms with E-state index in [-0.39, 0.29) is 5.69 Å². The summed E-state index contributed by atoms with van der Waals surface area (Å²) in [6.07, 6.45) is 1.21. The third-order valence-corrected chi connectivity index (χ3v) is 4.51. The first-order valence-electron chi connectivity index (χ1n) is 6.55. The van der Waals surface area contributed by atoms with Gasteiger partial charge in [-0.05, 0) is 15.9 Å². The van der Waals surface area contributed by atoms with Gasteiger partial charge in [-0.25, -0.2) is 4.98 Å². The van der Waals surface area contributed by atoms with Crippen LogP contribution < -0.4 is 5.32 Å². The third-order valence-electron chi connectivity index (χ3n) is 2.93. The van der Waals surface area contributed by atoms with E-state index in [9.17, 15) is 10.1 Å². The normalized spacial score (nSPS) is 10.5. The van der Waals surface area contributed by atoms with Gasteiger partial charge in [-0.15, -0.1) is 10.2 Å². The fourth-order valence-corrected chi connectivity index (χ4v) is 3.10. The summed E-state index contributed by atoms with van der Waals surface area (Å²) in [4.78, 5) is 14.2. The summed E-state index contributed by atoms with van der Waals surface area (Å²) < 4.78 is 0.527. The quantitative estimate of drug-likeness (QED) is 0.523. The second-order valence-corrected chi connectivity index (χ2v) is 6.42. The molecule has 116 valence electrons. The molecule has 0 amide bonds. The van der Waals surface area contributed by atoms with Gasteiger partial charge >= 0.3 is 0 Å². The van der Waals surface area contributed by atoms with E-state index in [0.29, 0.717) is 16.8 Å². The zero-order valence-electron chi connectivity index (χ0n) is 11.6. The number of nitrogens with zero attached hydrogens (tertiary/aromatic N) is 4. The summed E-state index contributed by atoms with van der Waals surface area (Å²) in [5.41, 5.74) is 0.954. The minimum absolute atomic E-state index is 0.0651. The summed E-state index contributed by atoms with van der Waals surface area (Å²) in [7, 11) is 0. The predicted molar refractivity (Wildman–Crippen MR) is 91.3 cm³/mol. The van der Waals surface area contributed by atoms with Crippen LogP contribution in [0.25, 0.3) is 10.6 Å². The van der Waals surface area contributed by atoms with Gasteiger partial charge in [0.05, 0.1) is 15.9 Å². The second kappa shape index (κ2) is 6.80. The maximum absolute atomic E-state index is 10.7. The average Bonchev–Trinajstić information content (AvgIpc) is 3.03. The number of nitrogens with one attached hydrogen (secondary N) is 1. The zero-order chi connectivity index (χ0) is 16.2. The van der Waals surface area contributed by atoms with Gasteiger partial charge in [-0.3, -0.25) is 10.1 Å². The molecule has 0 aliphatic heterocycles. The lowest BCUT2D eigenvalue weighted by Crippen LogP contribution is -2.02. The number of nitro groups is 1. The molecule has 3 aromatic rings. The van der Waals surface area contributed by atoms with Crippen molar-refractivity contribution in [2.75, 3.05) is 5.32 Å². The van der Waals surface area contributed by atoms with Crippen LogP contribution in [0.3, 0.4) is 0 Å². The Bertz CT molecular complexity index is 840. The molecule has 0 fully saturated rings. The number of hydrogen-bond acceptors (Lipinski definition) is 7. The van der Waals surface area contributed by atoms with Crippen molar-refractivity contribution >= 4 is 38.8 Å². The molecular formula is C14H10BrN5O2S. The van der Waals surface area contributed by atoms with Gasteiger partial charge in [-0.2, -0.15) is 0 Å². The summed E-state index contributed by atoms with van der Waals surface area (Å²) in [5.74, 6) is 0.520. The Morgan fingerprint density at radius 1 is 1.26 bits per heavy atom. The number of pyridine rings is 1. The van der Waals surface area contributed by atoms with Crippen molar-refractivity contribution in [2.24, 2.45) is 0 Å². The van der Waals surface area contributed by atoms with Crippen molar-refractivity contribution < 1.29 is 4.92 Å². The molecule has 0 saturated heterocycles. The molecule has 23 heavy (non-hydrogen) atoms. The molecule has 0 bridgehead atoms. The van der Waals surface area contributed by atoms with Gasteiger partial charge in [0.25, 0.3) is 5.69 Å². The topological polar surface area (TPSA) is 93.8 Å². The lowest BCUT2D eigenvalue weighted by molar-refractivity contribution is -0.385. The van der Waals surface area contributed by atoms with Crippen LogP contribution in [-0.2, 0) is 6.54 Å². The van der Waals surface area contributed by atoms with E-state index in [4.69, 9.17) is 0 Å². The molecule has 2 aromatic heterocycles. The first-order chi connectivity index (χ1) is 11.1. The number of aromatic nitrogens is 3. The molecule has 0 unspecified atom stereocenters. The fourth-order valence-electron chi connectivity index (χ4n) is 1.84. The van der Waals surface area contributed by atoms with E-state index in [2.05, 4.69) is 36.4 Å². The Labute approximate surface area is 143 Å². The molecule has 0 atom stereocenters. The molecule has 1 N–H and O–H groups in total. The Morgan fingerprint density at radius 3 is 2.74 bits per heavy atom. The SMILES string of the molecule is O=[N+]([O-])c1cnc(NCc2nnc(-c3ccccc3)s2)c(Br)c1. The highest BCUT2D eigenvalue weighted by Crippen LogP contribution is 2.26. The van der Waals surface area contributed by atoms with Crippen molar-refractivity contribution in [1.29, 1.82) is 0 Å². The first kappa shape index (κ1) is 15.5. The Hall–Kier alpha value is -2.39. The summed E-state index contributed by atoms with van der Waals surface area (Å²) in [6.45, 7) is 0.438. The molecule has 0 radical (unpaired) electrons. The van der Waals surface area contributed by atoms with Crippen molar-refractivity contribution in [3.05, 3.63) is 62.2 Å². The number of rotatable bonds is 5. The Kier molecular flexibility index (Phi) is 4.58. The molecule has 1 aromatic carbocycles. The highest BCUT2D eigenvalue weighted by molar-refractivity contribution is 9.10. The Balaban J connectivity index is 1.70. The molecule has 3 rings (SSSR count). The van der Waals surface area contributed by atoms with Crippen LogP contribution in [0.2, 0.25) is 0 Å². The van der Waals surface area contributed by atoms with E-state index in [1.807, 2.05) is 30.3 Å². The van der Waals surface area contributed by atoms with Crippen LogP contribution in [0, 0.1) is 10.1 Å². The highest BCUT2D eigenvalue weighted by atomic mass is 79.9. The molecule has 7 nitrogen and oxygen atoms in total. The molecule has 0 aliphatic carbocycles. The minimum atomic E-state index is -0.488. The Morgan fingerprint density at radius 2 is 2.04 bits per heavy atom. The lowest BCUT2D eigenvalue weighted by atomic mass is 10.2. The maximum atomic E-state index is 10.7. The smallest absolute Gasteiger partial charge is 0.288 e. The lowest BCUT2D eigenvalue weighted by Gasteiger charge is -2.04. The van der Waals surface area contributed by atoms with E-state index in [1.54, 1.807) is 0 Å². The first-order valence-corrected chi connectivity index (χ1v) is 8.16. The zero-order valence-corrected chi connectivity index (χ0v) is 14.0. The van der Waals surface area contributed by atoms with Crippen LogP contribution in [0.5, 0.6) is 0 Å². The monoisotopic (exact) mass is 391 g/mol. The second-order valence-electron chi connectivity index (χ2n) is 4.50. The van der Waals surface area contributed by atoms with Crippen LogP contribution in [0.4, 0.5) is 11.5 Å². The molecule has 9 heteroatoms. The summed E-state index contributed by atoms with van der Waals surface area (Å²) in [5, 5.41) is 23.7. The highest BCUT2D eigenvalue weighted by Gasteiger charge is 2.11. The van der Waals surface area contributed by atoms with Crippen molar-refractivity contribution in [3.8, 4) is 10.6 Å². The predicted octanol–water partition coefficient (Wildman–Crippen LogP) is 3.88. The van der Waals surface area contributed by atoms with Gasteiger partial charge in [0.1, 0.15) is 22.0 Å². The van der Waals surface area contributed by atoms with E-state index in [0.717, 1.165) is 15.6 Å². The minimum Gasteiger partial charge on any atom is -0.363 e. The largest absolute Gasteiger partial charge is 0.363 e. The molecular weight excluding hydrogens is 382 g/mol. The summed E-state index contributed by atoms with van der Waals surface area (Å²) >= 11 is 4.75. The molecule has 0 aliphatic rings. The van der Waals surface area contributed by atoms with Crippen molar-refractivity contribution in [2.45, 2.75) is 6.54 Å². The number of hydrogen-bond donors (Lipinski definition) is 1. The molecule has 0 saturated carbocycles. The average molecular weight is 392 g/mol.